The van der Waals surface area contributed by atoms with E-state index in [2.05, 4.69) is 38.9 Å². The van der Waals surface area contributed by atoms with Crippen molar-refractivity contribution in [3.63, 3.8) is 0 Å². The van der Waals surface area contributed by atoms with Crippen molar-refractivity contribution in [1.82, 2.24) is 25.1 Å². The fraction of sp³-hybridized carbons (Fsp3) is 0.750. The number of nitrogens with one attached hydrogen (secondary N) is 1. The Bertz CT molecular complexity index is 641. The molecule has 0 radical (unpaired) electrons. The zero-order chi connectivity index (χ0) is 19.4. The summed E-state index contributed by atoms with van der Waals surface area (Å²) in [5, 5.41) is 3.16. The molecule has 0 aliphatic carbocycles. The Morgan fingerprint density at radius 2 is 1.96 bits per heavy atom. The summed E-state index contributed by atoms with van der Waals surface area (Å²) in [5.41, 5.74) is 1.88. The number of carbonyl (C=O) groups is 1. The maximum absolute atomic E-state index is 12.5. The van der Waals surface area contributed by atoms with E-state index in [-0.39, 0.29) is 6.03 Å². The quantitative estimate of drug-likeness (QED) is 0.853. The van der Waals surface area contributed by atoms with E-state index in [1.54, 1.807) is 6.20 Å². The average molecular weight is 375 g/mol. The summed E-state index contributed by atoms with van der Waals surface area (Å²) in [5.74, 6) is 2.24. The lowest BCUT2D eigenvalue weighted by Gasteiger charge is -2.36. The number of aryl methyl sites for hydroxylation is 2. The highest BCUT2D eigenvalue weighted by Crippen LogP contribution is 2.18. The van der Waals surface area contributed by atoms with Gasteiger partial charge in [-0.2, -0.15) is 0 Å². The largest absolute Gasteiger partial charge is 0.352 e. The Labute approximate surface area is 163 Å². The maximum atomic E-state index is 12.5. The number of aromatic nitrogens is 2. The fourth-order valence-corrected chi connectivity index (χ4v) is 4.05. The number of nitrogens with zero attached hydrogens (tertiary/aromatic N) is 5. The lowest BCUT2D eigenvalue weighted by Crippen LogP contribution is -2.52. The predicted octanol–water partition coefficient (Wildman–Crippen LogP) is 1.90. The molecule has 150 valence electrons. The topological polar surface area (TPSA) is 64.6 Å². The molecule has 3 heterocycles. The van der Waals surface area contributed by atoms with Crippen LogP contribution < -0.4 is 10.2 Å². The molecule has 0 bridgehead atoms. The Hall–Kier alpha value is -1.89. The molecule has 3 rings (SSSR count). The van der Waals surface area contributed by atoms with Crippen LogP contribution in [0.15, 0.2) is 6.20 Å². The molecule has 27 heavy (non-hydrogen) atoms. The van der Waals surface area contributed by atoms with Crippen LogP contribution in [0.4, 0.5) is 10.6 Å². The van der Waals surface area contributed by atoms with Crippen LogP contribution in [0.25, 0.3) is 0 Å². The minimum absolute atomic E-state index is 0.0732. The minimum Gasteiger partial charge on any atom is -0.352 e. The molecule has 7 nitrogen and oxygen atoms in total. The molecule has 2 saturated heterocycles. The first-order chi connectivity index (χ1) is 12.9. The second kappa shape index (κ2) is 8.87. The summed E-state index contributed by atoms with van der Waals surface area (Å²) < 4.78 is 0. The van der Waals surface area contributed by atoms with Gasteiger partial charge in [-0.3, -0.25) is 4.98 Å². The van der Waals surface area contributed by atoms with Gasteiger partial charge < -0.3 is 20.0 Å². The summed E-state index contributed by atoms with van der Waals surface area (Å²) in [6, 6.07) is 0.0732. The highest BCUT2D eigenvalue weighted by Gasteiger charge is 2.26. The summed E-state index contributed by atoms with van der Waals surface area (Å²) in [6.45, 7) is 15.8. The molecule has 0 spiro atoms. The van der Waals surface area contributed by atoms with Crippen molar-refractivity contribution in [3.05, 3.63) is 17.6 Å². The monoisotopic (exact) mass is 374 g/mol. The van der Waals surface area contributed by atoms with E-state index in [1.807, 2.05) is 18.7 Å². The van der Waals surface area contributed by atoms with Gasteiger partial charge in [0.05, 0.1) is 11.4 Å². The first kappa shape index (κ1) is 19.9. The van der Waals surface area contributed by atoms with Crippen molar-refractivity contribution in [2.75, 3.05) is 57.3 Å². The van der Waals surface area contributed by atoms with Crippen molar-refractivity contribution >= 4 is 11.8 Å². The smallest absolute Gasteiger partial charge is 0.317 e. The minimum atomic E-state index is 0.0732. The Morgan fingerprint density at radius 3 is 2.67 bits per heavy atom. The van der Waals surface area contributed by atoms with Crippen molar-refractivity contribution in [1.29, 1.82) is 0 Å². The number of rotatable bonds is 5. The predicted molar refractivity (Wildman–Crippen MR) is 108 cm³/mol. The summed E-state index contributed by atoms with van der Waals surface area (Å²) in [7, 11) is 0. The molecule has 2 fully saturated rings. The number of urea groups is 1. The highest BCUT2D eigenvalue weighted by molar-refractivity contribution is 5.74. The average Bonchev–Trinajstić information content (AvgIpc) is 3.08. The van der Waals surface area contributed by atoms with Crippen LogP contribution in [-0.4, -0.2) is 78.2 Å². The summed E-state index contributed by atoms with van der Waals surface area (Å²) in [6.07, 6.45) is 2.99. The van der Waals surface area contributed by atoms with Crippen LogP contribution in [0.2, 0.25) is 0 Å². The molecule has 0 saturated carbocycles. The van der Waals surface area contributed by atoms with Gasteiger partial charge in [0.1, 0.15) is 5.82 Å². The number of piperazine rings is 1. The van der Waals surface area contributed by atoms with Gasteiger partial charge >= 0.3 is 6.03 Å². The van der Waals surface area contributed by atoms with Gasteiger partial charge in [-0.05, 0) is 38.6 Å². The first-order valence-corrected chi connectivity index (χ1v) is 10.2. The molecule has 0 unspecified atom stereocenters. The van der Waals surface area contributed by atoms with Gasteiger partial charge in [0, 0.05) is 52.0 Å². The Morgan fingerprint density at radius 1 is 1.22 bits per heavy atom. The van der Waals surface area contributed by atoms with E-state index in [1.165, 1.54) is 6.42 Å². The lowest BCUT2D eigenvalue weighted by molar-refractivity contribution is 0.192. The number of amides is 2. The fourth-order valence-electron chi connectivity index (χ4n) is 4.05. The molecular formula is C20H34N6O. The van der Waals surface area contributed by atoms with Crippen molar-refractivity contribution in [3.8, 4) is 0 Å². The van der Waals surface area contributed by atoms with Crippen molar-refractivity contribution in [2.24, 2.45) is 11.8 Å². The first-order valence-electron chi connectivity index (χ1n) is 10.2. The summed E-state index contributed by atoms with van der Waals surface area (Å²) >= 11 is 0. The zero-order valence-electron chi connectivity index (χ0n) is 17.2. The molecule has 2 aliphatic heterocycles. The van der Waals surface area contributed by atoms with E-state index >= 15 is 0 Å². The molecule has 2 aliphatic rings. The van der Waals surface area contributed by atoms with Crippen LogP contribution in [0.5, 0.6) is 0 Å². The normalized spacial score (nSPS) is 21.1. The molecule has 1 atom stereocenters. The molecule has 2 amide bonds. The van der Waals surface area contributed by atoms with Gasteiger partial charge in [-0.1, -0.05) is 13.8 Å². The zero-order valence-corrected chi connectivity index (χ0v) is 17.2. The van der Waals surface area contributed by atoms with Crippen molar-refractivity contribution in [2.45, 2.75) is 34.1 Å². The van der Waals surface area contributed by atoms with Crippen LogP contribution in [0.1, 0.15) is 31.7 Å². The maximum Gasteiger partial charge on any atom is 0.317 e. The van der Waals surface area contributed by atoms with E-state index in [0.29, 0.717) is 11.8 Å². The highest BCUT2D eigenvalue weighted by atomic mass is 16.2. The third kappa shape index (κ3) is 5.31. The second-order valence-electron chi connectivity index (χ2n) is 8.39. The Kier molecular flexibility index (Phi) is 6.52. The van der Waals surface area contributed by atoms with Crippen LogP contribution in [-0.2, 0) is 0 Å². The Balaban J connectivity index is 1.42. The van der Waals surface area contributed by atoms with Gasteiger partial charge in [-0.25, -0.2) is 9.78 Å². The number of anilines is 1. The SMILES string of the molecule is Cc1cnc(C)c(N2CCN(C(=O)NC[C@@H]3CCN(CC(C)C)C3)CC2)n1. The third-order valence-corrected chi connectivity index (χ3v) is 5.45. The van der Waals surface area contributed by atoms with Gasteiger partial charge in [0.15, 0.2) is 0 Å². The van der Waals surface area contributed by atoms with Crippen LogP contribution >= 0.6 is 0 Å². The molecule has 1 N–H and O–H groups in total. The van der Waals surface area contributed by atoms with E-state index in [0.717, 1.165) is 69.6 Å². The van der Waals surface area contributed by atoms with Gasteiger partial charge in [0.25, 0.3) is 0 Å². The molecule has 1 aromatic rings. The van der Waals surface area contributed by atoms with E-state index in [9.17, 15) is 4.79 Å². The number of hydrogen-bond donors (Lipinski definition) is 1. The van der Waals surface area contributed by atoms with Crippen LogP contribution in [0, 0.1) is 25.7 Å². The van der Waals surface area contributed by atoms with Gasteiger partial charge in [0.2, 0.25) is 0 Å². The number of hydrogen-bond acceptors (Lipinski definition) is 5. The van der Waals surface area contributed by atoms with E-state index in [4.69, 9.17) is 0 Å². The number of likely N-dealkylation sites (tertiary alicyclic amines) is 1. The third-order valence-electron chi connectivity index (χ3n) is 5.45. The molecule has 7 heteroatoms. The van der Waals surface area contributed by atoms with Crippen LogP contribution in [0.3, 0.4) is 0 Å². The molecule has 0 aromatic carbocycles. The van der Waals surface area contributed by atoms with E-state index < -0.39 is 0 Å². The summed E-state index contributed by atoms with van der Waals surface area (Å²) in [4.78, 5) is 28.2. The second-order valence-corrected chi connectivity index (χ2v) is 8.39. The standard InChI is InChI=1S/C20H34N6O/c1-15(2)13-24-6-5-18(14-24)12-22-20(27)26-9-7-25(8-10-26)19-17(4)21-11-16(3)23-19/h11,15,18H,5-10,12-14H2,1-4H3,(H,22,27)/t18-/m0/s1. The number of carbonyl (C=O) groups excluding carboxylic acids is 1. The van der Waals surface area contributed by atoms with Crippen molar-refractivity contribution < 1.29 is 4.79 Å². The lowest BCUT2D eigenvalue weighted by atomic mass is 10.1. The van der Waals surface area contributed by atoms with Gasteiger partial charge in [-0.15, -0.1) is 0 Å². The molecular weight excluding hydrogens is 340 g/mol. The molecule has 1 aromatic heterocycles.